The lowest BCUT2D eigenvalue weighted by Gasteiger charge is -2.19. The molecular weight excluding hydrogens is 271 g/mol. The molecule has 1 aliphatic rings. The summed E-state index contributed by atoms with van der Waals surface area (Å²) >= 11 is 0. The Balaban J connectivity index is 2.15. The van der Waals surface area contributed by atoms with Crippen molar-refractivity contribution in [2.45, 2.75) is 19.4 Å². The van der Waals surface area contributed by atoms with E-state index in [2.05, 4.69) is 17.2 Å². The summed E-state index contributed by atoms with van der Waals surface area (Å²) in [4.78, 5) is 13.6. The number of hydrogen-bond acceptors (Lipinski definition) is 3. The Morgan fingerprint density at radius 2 is 2.29 bits per heavy atom. The van der Waals surface area contributed by atoms with Crippen LogP contribution in [-0.2, 0) is 11.3 Å². The van der Waals surface area contributed by atoms with Gasteiger partial charge in [0.05, 0.1) is 13.2 Å². The fourth-order valence-corrected chi connectivity index (χ4v) is 2.26. The molecule has 0 spiro atoms. The number of amides is 1. The van der Waals surface area contributed by atoms with E-state index in [1.54, 1.807) is 6.07 Å². The number of hydrogen-bond donors (Lipinski definition) is 2. The maximum Gasteiger partial charge on any atom is 0.234 e. The van der Waals surface area contributed by atoms with Crippen molar-refractivity contribution in [3.8, 4) is 11.8 Å². The predicted molar refractivity (Wildman–Crippen MR) is 77.9 cm³/mol. The average molecular weight is 290 g/mol. The molecule has 21 heavy (non-hydrogen) atoms. The molecule has 1 aliphatic heterocycles. The zero-order valence-electron chi connectivity index (χ0n) is 11.9. The van der Waals surface area contributed by atoms with Gasteiger partial charge in [-0.25, -0.2) is 4.39 Å². The summed E-state index contributed by atoms with van der Waals surface area (Å²) in [6, 6.07) is 4.52. The van der Waals surface area contributed by atoms with Crippen LogP contribution in [0.15, 0.2) is 18.2 Å². The van der Waals surface area contributed by atoms with Gasteiger partial charge in [-0.3, -0.25) is 9.69 Å². The van der Waals surface area contributed by atoms with Gasteiger partial charge in [0.1, 0.15) is 5.82 Å². The molecule has 112 valence electrons. The van der Waals surface area contributed by atoms with E-state index in [4.69, 9.17) is 5.11 Å². The molecule has 0 unspecified atom stereocenters. The third-order valence-corrected chi connectivity index (χ3v) is 3.27. The van der Waals surface area contributed by atoms with E-state index < -0.39 is 0 Å². The Bertz CT molecular complexity index is 563. The smallest absolute Gasteiger partial charge is 0.234 e. The Hall–Kier alpha value is -1.90. The van der Waals surface area contributed by atoms with Crippen molar-refractivity contribution in [3.05, 3.63) is 35.1 Å². The number of benzene rings is 1. The molecule has 0 aliphatic carbocycles. The minimum atomic E-state index is -0.333. The molecular formula is C16H19FN2O2. The second-order valence-corrected chi connectivity index (χ2v) is 4.99. The molecule has 0 atom stereocenters. The quantitative estimate of drug-likeness (QED) is 0.813. The Labute approximate surface area is 124 Å². The minimum Gasteiger partial charge on any atom is -0.395 e. The molecule has 0 bridgehead atoms. The number of aliphatic hydroxyl groups is 1. The Morgan fingerprint density at radius 3 is 3.10 bits per heavy atom. The van der Waals surface area contributed by atoms with E-state index in [1.165, 1.54) is 12.1 Å². The van der Waals surface area contributed by atoms with E-state index >= 15 is 0 Å². The molecule has 0 radical (unpaired) electrons. The van der Waals surface area contributed by atoms with Crippen molar-refractivity contribution in [2.75, 3.05) is 26.2 Å². The van der Waals surface area contributed by atoms with Crippen LogP contribution < -0.4 is 5.32 Å². The molecule has 4 nitrogen and oxygen atoms in total. The summed E-state index contributed by atoms with van der Waals surface area (Å²) in [5, 5.41) is 11.6. The van der Waals surface area contributed by atoms with Crippen LogP contribution in [0.2, 0.25) is 0 Å². The SMILES string of the molecule is O=C1CN(Cc2ccc(F)cc2C#CCCO)CCCN1. The summed E-state index contributed by atoms with van der Waals surface area (Å²) in [5.74, 6) is 5.39. The highest BCUT2D eigenvalue weighted by molar-refractivity contribution is 5.78. The molecule has 1 amide bonds. The summed E-state index contributed by atoms with van der Waals surface area (Å²) in [6.45, 7) is 2.42. The summed E-state index contributed by atoms with van der Waals surface area (Å²) in [7, 11) is 0. The lowest BCUT2D eigenvalue weighted by molar-refractivity contribution is -0.121. The van der Waals surface area contributed by atoms with Crippen LogP contribution >= 0.6 is 0 Å². The molecule has 0 aromatic heterocycles. The zero-order chi connectivity index (χ0) is 15.1. The lowest BCUT2D eigenvalue weighted by atomic mass is 10.1. The second-order valence-electron chi connectivity index (χ2n) is 4.99. The Morgan fingerprint density at radius 1 is 1.43 bits per heavy atom. The maximum atomic E-state index is 13.4. The van der Waals surface area contributed by atoms with Gasteiger partial charge < -0.3 is 10.4 Å². The van der Waals surface area contributed by atoms with Gasteiger partial charge in [0.2, 0.25) is 5.91 Å². The molecule has 2 rings (SSSR count). The zero-order valence-corrected chi connectivity index (χ0v) is 11.9. The van der Waals surface area contributed by atoms with Gasteiger partial charge in [-0.2, -0.15) is 0 Å². The van der Waals surface area contributed by atoms with Crippen LogP contribution in [0.3, 0.4) is 0 Å². The number of carbonyl (C=O) groups excluding carboxylic acids is 1. The second kappa shape index (κ2) is 7.77. The van der Waals surface area contributed by atoms with Crippen molar-refractivity contribution in [1.82, 2.24) is 10.2 Å². The molecule has 1 saturated heterocycles. The van der Waals surface area contributed by atoms with Gasteiger partial charge in [0.15, 0.2) is 0 Å². The topological polar surface area (TPSA) is 52.6 Å². The fourth-order valence-electron chi connectivity index (χ4n) is 2.26. The maximum absolute atomic E-state index is 13.4. The van der Waals surface area contributed by atoms with Crippen LogP contribution in [0.4, 0.5) is 4.39 Å². The molecule has 1 heterocycles. The largest absolute Gasteiger partial charge is 0.395 e. The normalized spacial score (nSPS) is 15.8. The first-order chi connectivity index (χ1) is 10.2. The number of nitrogens with one attached hydrogen (secondary N) is 1. The first-order valence-electron chi connectivity index (χ1n) is 7.06. The van der Waals surface area contributed by atoms with Gasteiger partial charge in [0, 0.05) is 31.6 Å². The molecule has 0 saturated carbocycles. The molecule has 1 fully saturated rings. The summed E-state index contributed by atoms with van der Waals surface area (Å²) in [6.07, 6.45) is 1.26. The standard InChI is InChI=1S/C16H19FN2O2/c17-15-6-5-14(13(10-15)4-1-2-9-20)11-19-8-3-7-18-16(21)12-19/h5-6,10,20H,2-3,7-9,11-12H2,(H,18,21). The fraction of sp³-hybridized carbons (Fsp3) is 0.438. The van der Waals surface area contributed by atoms with Crippen LogP contribution in [0.1, 0.15) is 24.0 Å². The molecule has 1 aromatic carbocycles. The number of rotatable bonds is 3. The van der Waals surface area contributed by atoms with Crippen LogP contribution in [-0.4, -0.2) is 42.2 Å². The van der Waals surface area contributed by atoms with E-state index in [0.29, 0.717) is 31.6 Å². The summed E-state index contributed by atoms with van der Waals surface area (Å²) in [5.41, 5.74) is 1.52. The highest BCUT2D eigenvalue weighted by Gasteiger charge is 2.15. The average Bonchev–Trinajstić information content (AvgIpc) is 2.66. The minimum absolute atomic E-state index is 0.00997. The number of nitrogens with zero attached hydrogens (tertiary/aromatic N) is 1. The Kier molecular flexibility index (Phi) is 5.73. The van der Waals surface area contributed by atoms with E-state index in [9.17, 15) is 9.18 Å². The van der Waals surface area contributed by atoms with Gasteiger partial charge in [0.25, 0.3) is 0 Å². The van der Waals surface area contributed by atoms with Gasteiger partial charge in [-0.1, -0.05) is 17.9 Å². The highest BCUT2D eigenvalue weighted by Crippen LogP contribution is 2.14. The third kappa shape index (κ3) is 4.85. The number of aliphatic hydroxyl groups excluding tert-OH is 1. The predicted octanol–water partition coefficient (Wildman–Crippen LogP) is 0.882. The van der Waals surface area contributed by atoms with Crippen molar-refractivity contribution in [2.24, 2.45) is 0 Å². The van der Waals surface area contributed by atoms with Crippen molar-refractivity contribution >= 4 is 5.91 Å². The summed E-state index contributed by atoms with van der Waals surface area (Å²) < 4.78 is 13.4. The number of halogens is 1. The first-order valence-corrected chi connectivity index (χ1v) is 7.06. The van der Waals surface area contributed by atoms with Crippen LogP contribution in [0, 0.1) is 17.7 Å². The molecule has 1 aromatic rings. The lowest BCUT2D eigenvalue weighted by Crippen LogP contribution is -2.32. The monoisotopic (exact) mass is 290 g/mol. The molecule has 2 N–H and O–H groups in total. The molecule has 5 heteroatoms. The van der Waals surface area contributed by atoms with E-state index in [0.717, 1.165) is 18.5 Å². The van der Waals surface area contributed by atoms with Crippen LogP contribution in [0.25, 0.3) is 0 Å². The highest BCUT2D eigenvalue weighted by atomic mass is 19.1. The van der Waals surface area contributed by atoms with Crippen molar-refractivity contribution in [1.29, 1.82) is 0 Å². The number of carbonyl (C=O) groups is 1. The van der Waals surface area contributed by atoms with Gasteiger partial charge in [-0.15, -0.1) is 0 Å². The first kappa shape index (κ1) is 15.5. The third-order valence-electron chi connectivity index (χ3n) is 3.27. The van der Waals surface area contributed by atoms with Gasteiger partial charge >= 0.3 is 0 Å². The van der Waals surface area contributed by atoms with E-state index in [-0.39, 0.29) is 18.3 Å². The van der Waals surface area contributed by atoms with Gasteiger partial charge in [-0.05, 0) is 24.1 Å². The van der Waals surface area contributed by atoms with Crippen molar-refractivity contribution in [3.63, 3.8) is 0 Å². The van der Waals surface area contributed by atoms with Crippen molar-refractivity contribution < 1.29 is 14.3 Å². The van der Waals surface area contributed by atoms with E-state index in [1.807, 2.05) is 4.90 Å². The van der Waals surface area contributed by atoms with Crippen LogP contribution in [0.5, 0.6) is 0 Å².